The van der Waals surface area contributed by atoms with Gasteiger partial charge in [0.1, 0.15) is 11.6 Å². The van der Waals surface area contributed by atoms with E-state index < -0.39 is 17.7 Å². The first-order valence-corrected chi connectivity index (χ1v) is 12.2. The van der Waals surface area contributed by atoms with Crippen molar-refractivity contribution in [2.24, 2.45) is 0 Å². The van der Waals surface area contributed by atoms with Crippen LogP contribution in [0.3, 0.4) is 0 Å². The fraction of sp³-hybridized carbons (Fsp3) is 0.241. The van der Waals surface area contributed by atoms with E-state index in [1.807, 2.05) is 18.2 Å². The molecule has 0 aromatic heterocycles. The fourth-order valence-corrected chi connectivity index (χ4v) is 5.17. The third kappa shape index (κ3) is 4.61. The number of aliphatic hydroxyl groups excluding tert-OH is 1. The molecule has 1 amide bonds. The van der Waals surface area contributed by atoms with E-state index in [9.17, 15) is 19.1 Å². The number of nitrogens with zero attached hydrogens (tertiary/aromatic N) is 1. The molecule has 35 heavy (non-hydrogen) atoms. The molecular weight excluding hydrogens is 465 g/mol. The maximum absolute atomic E-state index is 13.3. The van der Waals surface area contributed by atoms with E-state index in [-0.39, 0.29) is 23.7 Å². The summed E-state index contributed by atoms with van der Waals surface area (Å²) < 4.78 is 13.3. The minimum atomic E-state index is -0.747. The highest BCUT2D eigenvalue weighted by molar-refractivity contribution is 6.46. The van der Waals surface area contributed by atoms with Crippen LogP contribution in [-0.2, 0) is 28.9 Å². The van der Waals surface area contributed by atoms with Crippen molar-refractivity contribution >= 4 is 29.1 Å². The molecule has 1 aliphatic heterocycles. The maximum Gasteiger partial charge on any atom is 0.295 e. The molecule has 1 fully saturated rings. The molecule has 6 heteroatoms. The lowest BCUT2D eigenvalue weighted by Gasteiger charge is -2.25. The summed E-state index contributed by atoms with van der Waals surface area (Å²) in [5, 5.41) is 11.9. The molecule has 3 aromatic carbocycles. The molecule has 3 aromatic rings. The van der Waals surface area contributed by atoms with E-state index in [1.165, 1.54) is 28.2 Å². The second kappa shape index (κ2) is 9.67. The highest BCUT2D eigenvalue weighted by atomic mass is 35.5. The quantitative estimate of drug-likeness (QED) is 0.271. The van der Waals surface area contributed by atoms with Crippen molar-refractivity contribution in [3.8, 4) is 0 Å². The van der Waals surface area contributed by atoms with Gasteiger partial charge in [0, 0.05) is 17.1 Å². The number of carbonyl (C=O) groups excluding carboxylic acids is 2. The molecule has 4 nitrogen and oxygen atoms in total. The van der Waals surface area contributed by atoms with Gasteiger partial charge < -0.3 is 10.0 Å². The number of amides is 1. The Hall–Kier alpha value is -3.44. The van der Waals surface area contributed by atoms with Gasteiger partial charge in [0.15, 0.2) is 0 Å². The van der Waals surface area contributed by atoms with Crippen molar-refractivity contribution in [3.05, 3.63) is 111 Å². The number of hydrogen-bond donors (Lipinski definition) is 1. The van der Waals surface area contributed by atoms with E-state index in [2.05, 4.69) is 0 Å². The summed E-state index contributed by atoms with van der Waals surface area (Å²) in [5.41, 5.74) is 4.59. The van der Waals surface area contributed by atoms with Gasteiger partial charge in [0.25, 0.3) is 11.7 Å². The SMILES string of the molecule is O=C1C(=O)N(CCc2ccc(F)cc2)C(c2ccc(Cl)cc2)/C1=C(/O)c1ccc2c(c1)CCCC2. The van der Waals surface area contributed by atoms with Crippen molar-refractivity contribution in [1.29, 1.82) is 0 Å². The predicted molar refractivity (Wildman–Crippen MR) is 134 cm³/mol. The van der Waals surface area contributed by atoms with Gasteiger partial charge >= 0.3 is 0 Å². The summed E-state index contributed by atoms with van der Waals surface area (Å²) in [6.07, 6.45) is 4.62. The minimum Gasteiger partial charge on any atom is -0.507 e. The first kappa shape index (κ1) is 23.3. The van der Waals surface area contributed by atoms with Crippen molar-refractivity contribution in [2.75, 3.05) is 6.54 Å². The molecule has 1 atom stereocenters. The Kier molecular flexibility index (Phi) is 6.44. The molecule has 0 bridgehead atoms. The second-order valence-corrected chi connectivity index (χ2v) is 9.55. The van der Waals surface area contributed by atoms with Gasteiger partial charge in [-0.3, -0.25) is 9.59 Å². The summed E-state index contributed by atoms with van der Waals surface area (Å²) >= 11 is 6.09. The fourth-order valence-electron chi connectivity index (χ4n) is 5.04. The van der Waals surface area contributed by atoms with Gasteiger partial charge in [-0.15, -0.1) is 0 Å². The molecule has 0 radical (unpaired) electrons. The Balaban J connectivity index is 1.55. The van der Waals surface area contributed by atoms with Gasteiger partial charge in [0.05, 0.1) is 11.6 Å². The van der Waals surface area contributed by atoms with Crippen LogP contribution in [0.5, 0.6) is 0 Å². The third-order valence-corrected chi connectivity index (χ3v) is 7.15. The molecule has 1 N–H and O–H groups in total. The number of aryl methyl sites for hydroxylation is 2. The van der Waals surface area contributed by atoms with Crippen LogP contribution in [-0.4, -0.2) is 28.2 Å². The third-order valence-electron chi connectivity index (χ3n) is 6.90. The molecular formula is C29H25ClFNO3. The van der Waals surface area contributed by atoms with Crippen LogP contribution >= 0.6 is 11.6 Å². The highest BCUT2D eigenvalue weighted by Crippen LogP contribution is 2.40. The first-order chi connectivity index (χ1) is 16.9. The normalized spacial score (nSPS) is 19.1. The molecule has 5 rings (SSSR count). The molecule has 1 aliphatic carbocycles. The van der Waals surface area contributed by atoms with Crippen LogP contribution in [0.15, 0.2) is 72.3 Å². The smallest absolute Gasteiger partial charge is 0.295 e. The van der Waals surface area contributed by atoms with E-state index >= 15 is 0 Å². The molecule has 2 aliphatic rings. The number of halogens is 2. The van der Waals surface area contributed by atoms with Crippen LogP contribution in [0.1, 0.15) is 46.7 Å². The van der Waals surface area contributed by atoms with Crippen LogP contribution in [0, 0.1) is 5.82 Å². The summed E-state index contributed by atoms with van der Waals surface area (Å²) in [7, 11) is 0. The molecule has 0 saturated carbocycles. The van der Waals surface area contributed by atoms with E-state index in [0.29, 0.717) is 22.6 Å². The van der Waals surface area contributed by atoms with E-state index in [1.54, 1.807) is 36.4 Å². The monoisotopic (exact) mass is 489 g/mol. The number of Topliss-reactive ketones (excluding diaryl/α,β-unsaturated/α-hetero) is 1. The average Bonchev–Trinajstić information content (AvgIpc) is 3.13. The highest BCUT2D eigenvalue weighted by Gasteiger charge is 2.45. The zero-order valence-corrected chi connectivity index (χ0v) is 19.9. The zero-order chi connectivity index (χ0) is 24.5. The standard InChI is InChI=1S/C29H25ClFNO3/c30-23-11-9-20(10-12-23)26-25(27(33)22-8-7-19-3-1-2-4-21(19)17-22)28(34)29(35)32(26)16-15-18-5-13-24(31)14-6-18/h5-14,17,26,33H,1-4,15-16H2/b27-25-. The molecule has 1 heterocycles. The Bertz CT molecular complexity index is 1310. The van der Waals surface area contributed by atoms with E-state index in [4.69, 9.17) is 11.6 Å². The van der Waals surface area contributed by atoms with Crippen molar-refractivity contribution in [2.45, 2.75) is 38.1 Å². The summed E-state index contributed by atoms with van der Waals surface area (Å²) in [5.74, 6) is -1.87. The van der Waals surface area contributed by atoms with Gasteiger partial charge in [-0.05, 0) is 84.7 Å². The Morgan fingerprint density at radius 1 is 0.943 bits per heavy atom. The summed E-state index contributed by atoms with van der Waals surface area (Å²) in [6, 6.07) is 18.0. The second-order valence-electron chi connectivity index (χ2n) is 9.11. The number of fused-ring (bicyclic) bond motifs is 1. The van der Waals surface area contributed by atoms with Crippen molar-refractivity contribution in [3.63, 3.8) is 0 Å². The summed E-state index contributed by atoms with van der Waals surface area (Å²) in [4.78, 5) is 27.9. The number of benzene rings is 3. The van der Waals surface area contributed by atoms with Crippen LogP contribution in [0.4, 0.5) is 4.39 Å². The van der Waals surface area contributed by atoms with Gasteiger partial charge in [0.2, 0.25) is 0 Å². The number of carbonyl (C=O) groups is 2. The molecule has 1 unspecified atom stereocenters. The molecule has 1 saturated heterocycles. The lowest BCUT2D eigenvalue weighted by molar-refractivity contribution is -0.139. The van der Waals surface area contributed by atoms with Crippen LogP contribution < -0.4 is 0 Å². The van der Waals surface area contributed by atoms with Gasteiger partial charge in [-0.1, -0.05) is 48.0 Å². The van der Waals surface area contributed by atoms with Crippen molar-refractivity contribution in [1.82, 2.24) is 4.90 Å². The van der Waals surface area contributed by atoms with E-state index in [0.717, 1.165) is 31.2 Å². The van der Waals surface area contributed by atoms with Crippen LogP contribution in [0.25, 0.3) is 5.76 Å². The zero-order valence-electron chi connectivity index (χ0n) is 19.1. The molecule has 178 valence electrons. The lowest BCUT2D eigenvalue weighted by atomic mass is 9.88. The Morgan fingerprint density at radius 2 is 1.63 bits per heavy atom. The molecule has 0 spiro atoms. The summed E-state index contributed by atoms with van der Waals surface area (Å²) in [6.45, 7) is 0.241. The maximum atomic E-state index is 13.3. The number of hydrogen-bond acceptors (Lipinski definition) is 3. The van der Waals surface area contributed by atoms with Gasteiger partial charge in [-0.2, -0.15) is 0 Å². The van der Waals surface area contributed by atoms with Crippen LogP contribution in [0.2, 0.25) is 5.02 Å². The topological polar surface area (TPSA) is 57.6 Å². The Labute approximate surface area is 208 Å². The Morgan fingerprint density at radius 3 is 2.34 bits per heavy atom. The minimum absolute atomic E-state index is 0.0761. The first-order valence-electron chi connectivity index (χ1n) is 11.8. The predicted octanol–water partition coefficient (Wildman–Crippen LogP) is 6.02. The number of rotatable bonds is 5. The van der Waals surface area contributed by atoms with Crippen molar-refractivity contribution < 1.29 is 19.1 Å². The number of ketones is 1. The average molecular weight is 490 g/mol. The van der Waals surface area contributed by atoms with Gasteiger partial charge in [-0.25, -0.2) is 4.39 Å². The lowest BCUT2D eigenvalue weighted by Crippen LogP contribution is -2.31. The number of aliphatic hydroxyl groups is 1. The largest absolute Gasteiger partial charge is 0.507 e. The number of likely N-dealkylation sites (tertiary alicyclic amines) is 1.